The van der Waals surface area contributed by atoms with Crippen LogP contribution in [0.2, 0.25) is 0 Å². The first-order valence-corrected chi connectivity index (χ1v) is 12.1. The predicted molar refractivity (Wildman–Crippen MR) is 130 cm³/mol. The summed E-state index contributed by atoms with van der Waals surface area (Å²) in [7, 11) is 0. The first-order chi connectivity index (χ1) is 15.4. The Morgan fingerprint density at radius 3 is 2.53 bits per heavy atom. The van der Waals surface area contributed by atoms with Gasteiger partial charge in [0.1, 0.15) is 0 Å². The standard InChI is InChI=1S/C24H30BrN5O2/c1-16-10-20(24(32)29-7-3-2-4-8-29)22(21(26)11-16)28-19-6-5-9-30(15-19)23(31)17-12-18(25)14-27-13-17/h10-14,19,28H,2-9,15,26H2,1H3/t19-/m1/s1. The summed E-state index contributed by atoms with van der Waals surface area (Å²) in [5.74, 6) is -0.00153. The van der Waals surface area contributed by atoms with Gasteiger partial charge in [-0.25, -0.2) is 0 Å². The van der Waals surface area contributed by atoms with Gasteiger partial charge in [-0.3, -0.25) is 14.6 Å². The molecular formula is C24H30BrN5O2. The zero-order chi connectivity index (χ0) is 22.7. The quantitative estimate of drug-likeness (QED) is 0.618. The summed E-state index contributed by atoms with van der Waals surface area (Å²) in [6.45, 7) is 4.79. The van der Waals surface area contributed by atoms with Crippen LogP contribution in [0.15, 0.2) is 35.1 Å². The van der Waals surface area contributed by atoms with Crippen LogP contribution >= 0.6 is 15.9 Å². The Labute approximate surface area is 197 Å². The maximum Gasteiger partial charge on any atom is 0.256 e. The van der Waals surface area contributed by atoms with Gasteiger partial charge in [-0.05, 0) is 78.7 Å². The Hall–Kier alpha value is -2.61. The molecule has 0 radical (unpaired) electrons. The summed E-state index contributed by atoms with van der Waals surface area (Å²) in [4.78, 5) is 34.2. The lowest BCUT2D eigenvalue weighted by Gasteiger charge is -2.35. The average molecular weight is 500 g/mol. The van der Waals surface area contributed by atoms with Crippen LogP contribution in [0.1, 0.15) is 58.4 Å². The summed E-state index contributed by atoms with van der Waals surface area (Å²) in [6.07, 6.45) is 8.30. The molecule has 2 aliphatic heterocycles. The highest BCUT2D eigenvalue weighted by molar-refractivity contribution is 9.10. The number of aromatic nitrogens is 1. The van der Waals surface area contributed by atoms with E-state index in [4.69, 9.17) is 5.73 Å². The molecule has 3 heterocycles. The second-order valence-corrected chi connectivity index (χ2v) is 9.67. The smallest absolute Gasteiger partial charge is 0.256 e. The Balaban J connectivity index is 1.53. The molecule has 170 valence electrons. The van der Waals surface area contributed by atoms with E-state index in [1.54, 1.807) is 18.5 Å². The minimum absolute atomic E-state index is 0.0192. The van der Waals surface area contributed by atoms with E-state index in [0.717, 1.165) is 48.8 Å². The van der Waals surface area contributed by atoms with Crippen LogP contribution in [0.25, 0.3) is 0 Å². The summed E-state index contributed by atoms with van der Waals surface area (Å²) in [5.41, 5.74) is 9.81. The number of rotatable bonds is 4. The van der Waals surface area contributed by atoms with Crippen LogP contribution in [0, 0.1) is 6.92 Å². The number of nitrogen functional groups attached to an aromatic ring is 1. The van der Waals surface area contributed by atoms with Crippen molar-refractivity contribution in [2.75, 3.05) is 37.2 Å². The summed E-state index contributed by atoms with van der Waals surface area (Å²) < 4.78 is 0.781. The fraction of sp³-hybridized carbons (Fsp3) is 0.458. The third-order valence-corrected chi connectivity index (χ3v) is 6.63. The number of amides is 2. The van der Waals surface area contributed by atoms with Crippen molar-refractivity contribution in [2.24, 2.45) is 0 Å². The number of piperidine rings is 2. The zero-order valence-electron chi connectivity index (χ0n) is 18.4. The maximum absolute atomic E-state index is 13.3. The van der Waals surface area contributed by atoms with Crippen molar-refractivity contribution in [3.63, 3.8) is 0 Å². The molecule has 2 saturated heterocycles. The van der Waals surface area contributed by atoms with Crippen LogP contribution < -0.4 is 11.1 Å². The lowest BCUT2D eigenvalue weighted by Crippen LogP contribution is -2.45. The van der Waals surface area contributed by atoms with E-state index in [1.165, 1.54) is 6.42 Å². The van der Waals surface area contributed by atoms with E-state index in [-0.39, 0.29) is 17.9 Å². The molecule has 2 amide bonds. The molecule has 7 nitrogen and oxygen atoms in total. The minimum atomic E-state index is -0.0354. The largest absolute Gasteiger partial charge is 0.397 e. The third-order valence-electron chi connectivity index (χ3n) is 6.20. The van der Waals surface area contributed by atoms with Crippen molar-refractivity contribution in [3.05, 3.63) is 51.8 Å². The minimum Gasteiger partial charge on any atom is -0.397 e. The highest BCUT2D eigenvalue weighted by Gasteiger charge is 2.28. The van der Waals surface area contributed by atoms with Gasteiger partial charge < -0.3 is 20.9 Å². The topological polar surface area (TPSA) is 91.6 Å². The van der Waals surface area contributed by atoms with Crippen LogP contribution in [0.4, 0.5) is 11.4 Å². The maximum atomic E-state index is 13.3. The number of hydrogen-bond donors (Lipinski definition) is 2. The lowest BCUT2D eigenvalue weighted by molar-refractivity contribution is 0.0707. The van der Waals surface area contributed by atoms with Gasteiger partial charge in [0, 0.05) is 49.1 Å². The molecule has 4 rings (SSSR count). The Bertz CT molecular complexity index is 1010. The zero-order valence-corrected chi connectivity index (χ0v) is 20.0. The van der Waals surface area contributed by atoms with Crippen LogP contribution in [0.5, 0.6) is 0 Å². The lowest BCUT2D eigenvalue weighted by atomic mass is 10.0. The number of likely N-dealkylation sites (tertiary alicyclic amines) is 2. The van der Waals surface area contributed by atoms with Crippen LogP contribution in [0.3, 0.4) is 0 Å². The van der Waals surface area contributed by atoms with Crippen molar-refractivity contribution >= 4 is 39.1 Å². The van der Waals surface area contributed by atoms with Gasteiger partial charge in [-0.1, -0.05) is 0 Å². The van der Waals surface area contributed by atoms with Crippen LogP contribution in [-0.2, 0) is 0 Å². The molecule has 0 saturated carbocycles. The van der Waals surface area contributed by atoms with Gasteiger partial charge in [0.15, 0.2) is 0 Å². The molecule has 0 aliphatic carbocycles. The summed E-state index contributed by atoms with van der Waals surface area (Å²) >= 11 is 3.38. The van der Waals surface area contributed by atoms with Gasteiger partial charge in [0.2, 0.25) is 0 Å². The van der Waals surface area contributed by atoms with Crippen molar-refractivity contribution in [2.45, 2.75) is 45.1 Å². The number of halogens is 1. The number of carbonyl (C=O) groups excluding carboxylic acids is 2. The molecule has 1 aromatic heterocycles. The van der Waals surface area contributed by atoms with Crippen molar-refractivity contribution in [3.8, 4) is 0 Å². The average Bonchev–Trinajstić information content (AvgIpc) is 2.80. The van der Waals surface area contributed by atoms with Crippen molar-refractivity contribution < 1.29 is 9.59 Å². The summed E-state index contributed by atoms with van der Waals surface area (Å²) in [5, 5.41) is 3.52. The molecule has 2 aliphatic rings. The predicted octanol–water partition coefficient (Wildman–Crippen LogP) is 4.08. The first kappa shape index (κ1) is 22.6. The monoisotopic (exact) mass is 499 g/mol. The second kappa shape index (κ2) is 9.90. The number of nitrogens with zero attached hydrogens (tertiary/aromatic N) is 3. The number of pyridine rings is 1. The normalized spacial score (nSPS) is 19.0. The summed E-state index contributed by atoms with van der Waals surface area (Å²) in [6, 6.07) is 5.63. The molecule has 2 fully saturated rings. The van der Waals surface area contributed by atoms with Crippen LogP contribution in [-0.4, -0.2) is 58.8 Å². The SMILES string of the molecule is Cc1cc(N)c(N[C@@H]2CCCN(C(=O)c3cncc(Br)c3)C2)c(C(=O)N2CCCCC2)c1. The third kappa shape index (κ3) is 5.06. The highest BCUT2D eigenvalue weighted by Crippen LogP contribution is 2.30. The van der Waals surface area contributed by atoms with E-state index in [0.29, 0.717) is 35.6 Å². The second-order valence-electron chi connectivity index (χ2n) is 8.76. The number of benzene rings is 1. The van der Waals surface area contributed by atoms with E-state index in [2.05, 4.69) is 26.2 Å². The molecule has 0 bridgehead atoms. The van der Waals surface area contributed by atoms with E-state index in [9.17, 15) is 9.59 Å². The number of hydrogen-bond acceptors (Lipinski definition) is 5. The number of aryl methyl sites for hydroxylation is 1. The van der Waals surface area contributed by atoms with Gasteiger partial charge in [-0.2, -0.15) is 0 Å². The first-order valence-electron chi connectivity index (χ1n) is 11.3. The molecule has 32 heavy (non-hydrogen) atoms. The fourth-order valence-corrected chi connectivity index (χ4v) is 4.97. The Kier molecular flexibility index (Phi) is 6.98. The molecule has 1 aromatic carbocycles. The van der Waals surface area contributed by atoms with Gasteiger partial charge in [-0.15, -0.1) is 0 Å². The van der Waals surface area contributed by atoms with E-state index >= 15 is 0 Å². The molecular weight excluding hydrogens is 470 g/mol. The molecule has 8 heteroatoms. The Morgan fingerprint density at radius 1 is 1.03 bits per heavy atom. The number of carbonyl (C=O) groups is 2. The fourth-order valence-electron chi connectivity index (χ4n) is 4.61. The van der Waals surface area contributed by atoms with Crippen molar-refractivity contribution in [1.29, 1.82) is 0 Å². The van der Waals surface area contributed by atoms with Gasteiger partial charge in [0.25, 0.3) is 11.8 Å². The van der Waals surface area contributed by atoms with Gasteiger partial charge >= 0.3 is 0 Å². The van der Waals surface area contributed by atoms with Gasteiger partial charge in [0.05, 0.1) is 22.5 Å². The Morgan fingerprint density at radius 2 is 1.78 bits per heavy atom. The van der Waals surface area contributed by atoms with E-state index in [1.807, 2.05) is 28.9 Å². The molecule has 1 atom stereocenters. The molecule has 0 spiro atoms. The van der Waals surface area contributed by atoms with E-state index < -0.39 is 0 Å². The van der Waals surface area contributed by atoms with Crippen molar-refractivity contribution in [1.82, 2.24) is 14.8 Å². The highest BCUT2D eigenvalue weighted by atomic mass is 79.9. The molecule has 0 unspecified atom stereocenters. The molecule has 2 aromatic rings. The number of anilines is 2. The molecule has 3 N–H and O–H groups in total. The number of nitrogens with two attached hydrogens (primary N) is 1. The number of nitrogens with one attached hydrogen (secondary N) is 1.